The van der Waals surface area contributed by atoms with Crippen LogP contribution in [0.4, 0.5) is 0 Å². The number of nitrogens with one attached hydrogen (secondary N) is 1. The minimum atomic E-state index is -0.777. The van der Waals surface area contributed by atoms with Crippen molar-refractivity contribution in [2.75, 3.05) is 6.61 Å². The zero-order valence-corrected chi connectivity index (χ0v) is 36.6. The lowest BCUT2D eigenvalue weighted by molar-refractivity contribution is -0.151. The molecule has 0 aliphatic heterocycles. The van der Waals surface area contributed by atoms with Crippen LogP contribution in [0.3, 0.4) is 0 Å². The molecule has 1 amide bonds. The van der Waals surface area contributed by atoms with Gasteiger partial charge >= 0.3 is 5.97 Å². The van der Waals surface area contributed by atoms with Gasteiger partial charge in [-0.25, -0.2) is 0 Å². The van der Waals surface area contributed by atoms with Crippen molar-refractivity contribution >= 4 is 11.9 Å². The zero-order valence-electron chi connectivity index (χ0n) is 36.6. The van der Waals surface area contributed by atoms with E-state index in [9.17, 15) is 19.8 Å². The molecule has 0 heterocycles. The number of esters is 1. The van der Waals surface area contributed by atoms with Gasteiger partial charge in [0.25, 0.3) is 0 Å². The van der Waals surface area contributed by atoms with E-state index in [2.05, 4.69) is 26.1 Å². The van der Waals surface area contributed by atoms with Crippen molar-refractivity contribution in [2.24, 2.45) is 0 Å². The summed E-state index contributed by atoms with van der Waals surface area (Å²) in [6.07, 6.45) is 44.4. The fourth-order valence-electron chi connectivity index (χ4n) is 7.73. The third-order valence-corrected chi connectivity index (χ3v) is 11.4. The first kappa shape index (κ1) is 52.9. The molecular formula is C48H95NO5. The molecule has 0 radical (unpaired) electrons. The van der Waals surface area contributed by atoms with Crippen molar-refractivity contribution in [3.05, 3.63) is 0 Å². The fourth-order valence-corrected chi connectivity index (χ4v) is 7.73. The number of amides is 1. The Morgan fingerprint density at radius 3 is 1.13 bits per heavy atom. The molecular weight excluding hydrogens is 671 g/mol. The van der Waals surface area contributed by atoms with E-state index in [0.29, 0.717) is 19.3 Å². The summed E-state index contributed by atoms with van der Waals surface area (Å²) in [6, 6.07) is -0.690. The van der Waals surface area contributed by atoms with Gasteiger partial charge in [-0.1, -0.05) is 233 Å². The van der Waals surface area contributed by atoms with Crippen LogP contribution in [0.1, 0.15) is 271 Å². The molecule has 54 heavy (non-hydrogen) atoms. The second kappa shape index (κ2) is 43.0. The van der Waals surface area contributed by atoms with Gasteiger partial charge in [0.05, 0.1) is 25.2 Å². The number of aliphatic hydroxyl groups is 2. The van der Waals surface area contributed by atoms with E-state index in [-0.39, 0.29) is 24.9 Å². The van der Waals surface area contributed by atoms with Crippen LogP contribution in [-0.2, 0) is 14.3 Å². The van der Waals surface area contributed by atoms with Crippen molar-refractivity contribution in [3.63, 3.8) is 0 Å². The van der Waals surface area contributed by atoms with Crippen LogP contribution in [0.5, 0.6) is 0 Å². The topological polar surface area (TPSA) is 95.9 Å². The highest BCUT2D eigenvalue weighted by Crippen LogP contribution is 2.18. The van der Waals surface area contributed by atoms with Crippen molar-refractivity contribution in [1.82, 2.24) is 5.32 Å². The van der Waals surface area contributed by atoms with Gasteiger partial charge in [-0.05, 0) is 25.7 Å². The second-order valence-corrected chi connectivity index (χ2v) is 16.9. The van der Waals surface area contributed by atoms with E-state index < -0.39 is 18.2 Å². The molecule has 0 bridgehead atoms. The molecule has 0 saturated heterocycles. The van der Waals surface area contributed by atoms with E-state index in [4.69, 9.17) is 4.74 Å². The smallest absolute Gasteiger partial charge is 0.306 e. The maximum Gasteiger partial charge on any atom is 0.306 e. The van der Waals surface area contributed by atoms with Gasteiger partial charge in [0, 0.05) is 6.42 Å². The average Bonchev–Trinajstić information content (AvgIpc) is 3.16. The summed E-state index contributed by atoms with van der Waals surface area (Å²) >= 11 is 0. The van der Waals surface area contributed by atoms with Gasteiger partial charge < -0.3 is 20.3 Å². The zero-order chi connectivity index (χ0) is 39.6. The Kier molecular flexibility index (Phi) is 42.1. The number of carbonyl (C=O) groups is 2. The van der Waals surface area contributed by atoms with Crippen molar-refractivity contribution in [3.8, 4) is 0 Å². The molecule has 0 aromatic heterocycles. The predicted molar refractivity (Wildman–Crippen MR) is 232 cm³/mol. The van der Waals surface area contributed by atoms with Gasteiger partial charge in [0.2, 0.25) is 5.91 Å². The largest absolute Gasteiger partial charge is 0.462 e. The molecule has 0 aliphatic carbocycles. The predicted octanol–water partition coefficient (Wildman–Crippen LogP) is 14.0. The first-order chi connectivity index (χ1) is 26.5. The molecule has 0 aromatic rings. The lowest BCUT2D eigenvalue weighted by Crippen LogP contribution is -2.46. The number of ether oxygens (including phenoxy) is 1. The van der Waals surface area contributed by atoms with Crippen LogP contribution in [0.15, 0.2) is 0 Å². The highest BCUT2D eigenvalue weighted by molar-refractivity contribution is 5.77. The Morgan fingerprint density at radius 1 is 0.463 bits per heavy atom. The number of hydrogen-bond donors (Lipinski definition) is 3. The quantitative estimate of drug-likeness (QED) is 0.0424. The molecule has 322 valence electrons. The molecule has 6 nitrogen and oxygen atoms in total. The Labute approximate surface area is 336 Å². The first-order valence-corrected chi connectivity index (χ1v) is 24.3. The maximum atomic E-state index is 13.1. The Bertz CT molecular complexity index is 776. The van der Waals surface area contributed by atoms with Gasteiger partial charge in [-0.15, -0.1) is 0 Å². The number of unbranched alkanes of at least 4 members (excludes halogenated alkanes) is 32. The average molecular weight is 766 g/mol. The number of hydrogen-bond acceptors (Lipinski definition) is 5. The molecule has 3 unspecified atom stereocenters. The van der Waals surface area contributed by atoms with Crippen LogP contribution < -0.4 is 5.32 Å². The van der Waals surface area contributed by atoms with Crippen LogP contribution in [0.2, 0.25) is 0 Å². The van der Waals surface area contributed by atoms with Gasteiger partial charge in [0.1, 0.15) is 6.10 Å². The standard InChI is InChI=1S/C48H95NO5/c1-4-7-10-13-16-19-22-23-24-26-27-30-33-36-39-44(54-48(53)41-38-35-32-29-21-18-15-12-9-6-3)42-47(52)49-45(43-50)46(51)40-37-34-31-28-25-20-17-14-11-8-5-2/h44-46,50-51H,4-43H2,1-3H3,(H,49,52). The SMILES string of the molecule is CCCCCCCCCCCCCCCCC(CC(=O)NC(CO)C(O)CCCCCCCCCCCCC)OC(=O)CCCCCCCCCCCC. The highest BCUT2D eigenvalue weighted by Gasteiger charge is 2.24. The summed E-state index contributed by atoms with van der Waals surface area (Å²) in [7, 11) is 0. The summed E-state index contributed by atoms with van der Waals surface area (Å²) in [4.78, 5) is 26.0. The van der Waals surface area contributed by atoms with Crippen LogP contribution in [0, 0.1) is 0 Å². The van der Waals surface area contributed by atoms with Gasteiger partial charge in [-0.2, -0.15) is 0 Å². The molecule has 0 aliphatic rings. The Hall–Kier alpha value is -1.14. The molecule has 0 fully saturated rings. The molecule has 6 heteroatoms. The molecule has 0 rings (SSSR count). The van der Waals surface area contributed by atoms with E-state index in [1.54, 1.807) is 0 Å². The van der Waals surface area contributed by atoms with Crippen molar-refractivity contribution < 1.29 is 24.5 Å². The fraction of sp³-hybridized carbons (Fsp3) is 0.958. The van der Waals surface area contributed by atoms with E-state index in [0.717, 1.165) is 44.9 Å². The third-order valence-electron chi connectivity index (χ3n) is 11.4. The normalized spacial score (nSPS) is 13.2. The van der Waals surface area contributed by atoms with E-state index in [1.165, 1.54) is 180 Å². The Morgan fingerprint density at radius 2 is 0.778 bits per heavy atom. The van der Waals surface area contributed by atoms with Crippen molar-refractivity contribution in [1.29, 1.82) is 0 Å². The van der Waals surface area contributed by atoms with Gasteiger partial charge in [0.15, 0.2) is 0 Å². The van der Waals surface area contributed by atoms with Crippen LogP contribution in [-0.4, -0.2) is 46.9 Å². The summed E-state index contributed by atoms with van der Waals surface area (Å²) in [5, 5.41) is 23.7. The number of rotatable bonds is 44. The Balaban J connectivity index is 4.53. The molecule has 0 saturated carbocycles. The van der Waals surface area contributed by atoms with Crippen LogP contribution >= 0.6 is 0 Å². The molecule has 3 atom stereocenters. The molecule has 0 aromatic carbocycles. The molecule has 3 N–H and O–H groups in total. The number of aliphatic hydroxyl groups excluding tert-OH is 2. The second-order valence-electron chi connectivity index (χ2n) is 16.9. The van der Waals surface area contributed by atoms with Gasteiger partial charge in [-0.3, -0.25) is 9.59 Å². The van der Waals surface area contributed by atoms with Crippen LogP contribution in [0.25, 0.3) is 0 Å². The summed E-state index contributed by atoms with van der Waals surface area (Å²) < 4.78 is 5.91. The summed E-state index contributed by atoms with van der Waals surface area (Å²) in [5.74, 6) is -0.456. The minimum absolute atomic E-state index is 0.0872. The lowest BCUT2D eigenvalue weighted by Gasteiger charge is -2.24. The maximum absolute atomic E-state index is 13.1. The molecule has 0 spiro atoms. The minimum Gasteiger partial charge on any atom is -0.462 e. The monoisotopic (exact) mass is 766 g/mol. The van der Waals surface area contributed by atoms with Crippen molar-refractivity contribution in [2.45, 2.75) is 289 Å². The third kappa shape index (κ3) is 37.8. The summed E-state index contributed by atoms with van der Waals surface area (Å²) in [6.45, 7) is 6.48. The number of carbonyl (C=O) groups excluding carboxylic acids is 2. The summed E-state index contributed by atoms with van der Waals surface area (Å²) in [5.41, 5.74) is 0. The highest BCUT2D eigenvalue weighted by atomic mass is 16.5. The lowest BCUT2D eigenvalue weighted by atomic mass is 10.0. The first-order valence-electron chi connectivity index (χ1n) is 24.3. The van der Waals surface area contributed by atoms with E-state index in [1.807, 2.05) is 0 Å². The van der Waals surface area contributed by atoms with E-state index >= 15 is 0 Å².